The van der Waals surface area contributed by atoms with E-state index in [0.717, 1.165) is 0 Å². The van der Waals surface area contributed by atoms with Crippen LogP contribution in [0.3, 0.4) is 0 Å². The summed E-state index contributed by atoms with van der Waals surface area (Å²) in [4.78, 5) is 17.1. The van der Waals surface area contributed by atoms with E-state index in [4.69, 9.17) is 9.47 Å². The molecule has 0 saturated carbocycles. The van der Waals surface area contributed by atoms with Crippen LogP contribution in [0.25, 0.3) is 11.1 Å². The van der Waals surface area contributed by atoms with E-state index in [2.05, 4.69) is 14.8 Å². The topological polar surface area (TPSA) is 112 Å². The highest BCUT2D eigenvalue weighted by molar-refractivity contribution is 7.90. The van der Waals surface area contributed by atoms with Gasteiger partial charge in [-0.15, -0.1) is 0 Å². The molecule has 186 valence electrons. The Labute approximate surface area is 203 Å². The van der Waals surface area contributed by atoms with Crippen molar-refractivity contribution in [1.29, 1.82) is 0 Å². The van der Waals surface area contributed by atoms with Crippen molar-refractivity contribution in [1.82, 2.24) is 19.5 Å². The Hall–Kier alpha value is -3.15. The van der Waals surface area contributed by atoms with Crippen LogP contribution in [-0.4, -0.2) is 49.4 Å². The zero-order chi connectivity index (χ0) is 25.4. The lowest BCUT2D eigenvalue weighted by atomic mass is 9.88. The molecule has 0 unspecified atom stereocenters. The fourth-order valence-electron chi connectivity index (χ4n) is 4.21. The summed E-state index contributed by atoms with van der Waals surface area (Å²) >= 11 is 0. The minimum absolute atomic E-state index is 0.103. The summed E-state index contributed by atoms with van der Waals surface area (Å²) < 4.78 is 54.7. The van der Waals surface area contributed by atoms with E-state index in [1.807, 2.05) is 13.8 Å². The van der Waals surface area contributed by atoms with Crippen molar-refractivity contribution in [3.05, 3.63) is 65.4 Å². The molecule has 9 nitrogen and oxygen atoms in total. The van der Waals surface area contributed by atoms with Crippen LogP contribution in [0.15, 0.2) is 47.8 Å². The number of ether oxygens (including phenoxy) is 2. The fourth-order valence-corrected chi connectivity index (χ4v) is 5.18. The molecule has 1 amide bonds. The second-order valence-corrected chi connectivity index (χ2v) is 10.4. The molecule has 2 aromatic heterocycles. The molecule has 1 aliphatic heterocycles. The van der Waals surface area contributed by atoms with E-state index in [1.54, 1.807) is 31.6 Å². The number of carbonyl (C=O) groups is 1. The number of rotatable bonds is 8. The van der Waals surface area contributed by atoms with Gasteiger partial charge in [0.2, 0.25) is 5.91 Å². The number of halogens is 1. The van der Waals surface area contributed by atoms with Crippen LogP contribution in [0, 0.1) is 5.82 Å². The molecule has 0 spiro atoms. The van der Waals surface area contributed by atoms with Gasteiger partial charge in [0.25, 0.3) is 10.0 Å². The zero-order valence-corrected chi connectivity index (χ0v) is 20.7. The molecule has 3 aromatic rings. The number of benzene rings is 1. The lowest BCUT2D eigenvalue weighted by molar-refractivity contribution is -0.206. The molecule has 1 aromatic carbocycles. The Morgan fingerprint density at radius 3 is 2.63 bits per heavy atom. The standard InChI is InChI=1S/C24H27FN4O5S/c1-15(2)18-8-17(25)9-19(16-6-5-7-26-12-16)20(18)10-22(30)28-35(31,32)23-11-21(29(3)27-23)24(33-4)13-34-14-24/h5-9,11-12,15H,10,13-14H2,1-4H3,(H,28,30). The molecule has 1 N–H and O–H groups in total. The van der Waals surface area contributed by atoms with Gasteiger partial charge in [0.05, 0.1) is 25.3 Å². The van der Waals surface area contributed by atoms with Crippen molar-refractivity contribution in [2.75, 3.05) is 20.3 Å². The number of nitrogens with zero attached hydrogens (tertiary/aromatic N) is 3. The van der Waals surface area contributed by atoms with Gasteiger partial charge in [0, 0.05) is 38.2 Å². The minimum atomic E-state index is -4.27. The summed E-state index contributed by atoms with van der Waals surface area (Å²) in [7, 11) is -1.15. The first kappa shape index (κ1) is 25.0. The Balaban J connectivity index is 1.64. The Morgan fingerprint density at radius 1 is 1.31 bits per heavy atom. The number of pyridine rings is 1. The van der Waals surface area contributed by atoms with Crippen LogP contribution in [-0.2, 0) is 43.4 Å². The van der Waals surface area contributed by atoms with Crippen LogP contribution < -0.4 is 4.72 Å². The Bertz CT molecular complexity index is 1350. The lowest BCUT2D eigenvalue weighted by Gasteiger charge is -2.39. The molecule has 1 aliphatic rings. The second kappa shape index (κ2) is 9.48. The molecule has 0 radical (unpaired) electrons. The quantitative estimate of drug-likeness (QED) is 0.504. The largest absolute Gasteiger partial charge is 0.374 e. The normalized spacial score (nSPS) is 15.1. The van der Waals surface area contributed by atoms with Gasteiger partial charge in [-0.3, -0.25) is 14.5 Å². The number of aryl methyl sites for hydroxylation is 1. The van der Waals surface area contributed by atoms with Crippen LogP contribution in [0.5, 0.6) is 0 Å². The monoisotopic (exact) mass is 502 g/mol. The number of hydrogen-bond donors (Lipinski definition) is 1. The highest BCUT2D eigenvalue weighted by Gasteiger charge is 2.44. The van der Waals surface area contributed by atoms with Crippen LogP contribution in [0.1, 0.15) is 36.6 Å². The van der Waals surface area contributed by atoms with Gasteiger partial charge < -0.3 is 9.47 Å². The third-order valence-corrected chi connectivity index (χ3v) is 7.34. The maximum Gasteiger partial charge on any atom is 0.283 e. The van der Waals surface area contributed by atoms with E-state index >= 15 is 0 Å². The summed E-state index contributed by atoms with van der Waals surface area (Å²) in [6.45, 7) is 4.30. The van der Waals surface area contributed by atoms with Gasteiger partial charge >= 0.3 is 0 Å². The van der Waals surface area contributed by atoms with E-state index in [9.17, 15) is 17.6 Å². The van der Waals surface area contributed by atoms with E-state index < -0.39 is 27.3 Å². The van der Waals surface area contributed by atoms with Gasteiger partial charge in [0.15, 0.2) is 10.6 Å². The van der Waals surface area contributed by atoms with E-state index in [0.29, 0.717) is 27.9 Å². The second-order valence-electron chi connectivity index (χ2n) is 8.81. The zero-order valence-electron chi connectivity index (χ0n) is 19.9. The van der Waals surface area contributed by atoms with Crippen molar-refractivity contribution in [2.45, 2.75) is 36.8 Å². The number of hydrogen-bond acceptors (Lipinski definition) is 7. The first-order valence-corrected chi connectivity index (χ1v) is 12.5. The fraction of sp³-hybridized carbons (Fsp3) is 0.375. The SMILES string of the molecule is COC1(c2cc(S(=O)(=O)NC(=O)Cc3c(-c4cccnc4)cc(F)cc3C(C)C)nn2C)COC1. The number of methoxy groups -OCH3 is 1. The maximum atomic E-state index is 14.4. The minimum Gasteiger partial charge on any atom is -0.374 e. The number of carbonyl (C=O) groups excluding carboxylic acids is 1. The first-order chi connectivity index (χ1) is 16.6. The highest BCUT2D eigenvalue weighted by Crippen LogP contribution is 2.34. The van der Waals surface area contributed by atoms with Crippen molar-refractivity contribution >= 4 is 15.9 Å². The van der Waals surface area contributed by atoms with Gasteiger partial charge in [0.1, 0.15) is 5.82 Å². The van der Waals surface area contributed by atoms with Crippen molar-refractivity contribution < 1.29 is 27.1 Å². The number of aromatic nitrogens is 3. The number of nitrogens with one attached hydrogen (secondary N) is 1. The molecule has 0 aliphatic carbocycles. The van der Waals surface area contributed by atoms with E-state index in [1.165, 1.54) is 30.0 Å². The highest BCUT2D eigenvalue weighted by atomic mass is 32.2. The predicted octanol–water partition coefficient (Wildman–Crippen LogP) is 2.66. The van der Waals surface area contributed by atoms with Crippen LogP contribution in [0.4, 0.5) is 4.39 Å². The third kappa shape index (κ3) is 4.84. The summed E-state index contributed by atoms with van der Waals surface area (Å²) in [5, 5.41) is 3.78. The maximum absolute atomic E-state index is 14.4. The molecule has 1 fully saturated rings. The summed E-state index contributed by atoms with van der Waals surface area (Å²) in [6, 6.07) is 7.55. The van der Waals surface area contributed by atoms with Gasteiger partial charge in [-0.2, -0.15) is 13.5 Å². The smallest absolute Gasteiger partial charge is 0.283 e. The predicted molar refractivity (Wildman–Crippen MR) is 125 cm³/mol. The summed E-state index contributed by atoms with van der Waals surface area (Å²) in [5.41, 5.74) is 2.01. The average Bonchev–Trinajstić information content (AvgIpc) is 3.17. The van der Waals surface area contributed by atoms with Crippen molar-refractivity contribution in [2.24, 2.45) is 7.05 Å². The average molecular weight is 503 g/mol. The van der Waals surface area contributed by atoms with Gasteiger partial charge in [-0.25, -0.2) is 9.11 Å². The van der Waals surface area contributed by atoms with Crippen molar-refractivity contribution in [3.63, 3.8) is 0 Å². The summed E-state index contributed by atoms with van der Waals surface area (Å²) in [6.07, 6.45) is 2.89. The molecule has 1 saturated heterocycles. The van der Waals surface area contributed by atoms with Gasteiger partial charge in [-0.05, 0) is 40.8 Å². The molecule has 0 atom stereocenters. The number of sulfonamides is 1. The molecular weight excluding hydrogens is 475 g/mol. The van der Waals surface area contributed by atoms with Crippen LogP contribution >= 0.6 is 0 Å². The van der Waals surface area contributed by atoms with Crippen LogP contribution in [0.2, 0.25) is 0 Å². The molecule has 0 bridgehead atoms. The Kier molecular flexibility index (Phi) is 6.76. The van der Waals surface area contributed by atoms with Gasteiger partial charge in [-0.1, -0.05) is 19.9 Å². The summed E-state index contributed by atoms with van der Waals surface area (Å²) in [5.74, 6) is -1.31. The third-order valence-electron chi connectivity index (χ3n) is 6.09. The van der Waals surface area contributed by atoms with Crippen molar-refractivity contribution in [3.8, 4) is 11.1 Å². The van der Waals surface area contributed by atoms with E-state index in [-0.39, 0.29) is 30.6 Å². The molecule has 4 rings (SSSR count). The first-order valence-electron chi connectivity index (χ1n) is 11.0. The number of amides is 1. The molecule has 11 heteroatoms. The molecule has 35 heavy (non-hydrogen) atoms. The Morgan fingerprint density at radius 2 is 2.06 bits per heavy atom. The molecule has 3 heterocycles. The molecular formula is C24H27FN4O5S. The lowest BCUT2D eigenvalue weighted by Crippen LogP contribution is -2.49.